The summed E-state index contributed by atoms with van der Waals surface area (Å²) in [7, 11) is 3.26. The molecule has 0 spiro atoms. The fraction of sp³-hybridized carbons (Fsp3) is 0.500. The lowest BCUT2D eigenvalue weighted by Crippen LogP contribution is -2.39. The second kappa shape index (κ2) is 7.40. The number of aromatic nitrogens is 2. The van der Waals surface area contributed by atoms with E-state index in [1.807, 2.05) is 13.0 Å². The van der Waals surface area contributed by atoms with E-state index >= 15 is 0 Å². The molecular formula is C24H30F3N3. The average Bonchev–Trinajstić information content (AvgIpc) is 3.05. The summed E-state index contributed by atoms with van der Waals surface area (Å²) in [5, 5.41) is 5.56. The molecule has 0 unspecified atom stereocenters. The van der Waals surface area contributed by atoms with Crippen molar-refractivity contribution in [2.75, 3.05) is 7.05 Å². The predicted octanol–water partition coefficient (Wildman–Crippen LogP) is 4.49. The molecule has 30 heavy (non-hydrogen) atoms. The van der Waals surface area contributed by atoms with Gasteiger partial charge in [0.05, 0.1) is 5.69 Å². The molecule has 1 heterocycles. The van der Waals surface area contributed by atoms with E-state index in [-0.39, 0.29) is 10.8 Å². The van der Waals surface area contributed by atoms with E-state index in [9.17, 15) is 13.2 Å². The molecular weight excluding hydrogens is 387 g/mol. The Kier molecular flexibility index (Phi) is 5.50. The monoisotopic (exact) mass is 417 g/mol. The Bertz CT molecular complexity index is 1120. The maximum Gasteiger partial charge on any atom is 0.435 e. The zero-order valence-corrected chi connectivity index (χ0v) is 18.8. The van der Waals surface area contributed by atoms with Crippen molar-refractivity contribution in [3.63, 3.8) is 0 Å². The fourth-order valence-electron chi connectivity index (χ4n) is 4.34. The van der Waals surface area contributed by atoms with Crippen LogP contribution in [0.4, 0.5) is 13.2 Å². The van der Waals surface area contributed by atoms with Crippen LogP contribution in [0.2, 0.25) is 0 Å². The van der Waals surface area contributed by atoms with Gasteiger partial charge in [-0.15, -0.1) is 0 Å². The van der Waals surface area contributed by atoms with Gasteiger partial charge in [-0.05, 0) is 75.9 Å². The second-order valence-electron chi connectivity index (χ2n) is 9.49. The van der Waals surface area contributed by atoms with Crippen LogP contribution in [0, 0.1) is 0 Å². The Morgan fingerprint density at radius 1 is 1.07 bits per heavy atom. The van der Waals surface area contributed by atoms with Gasteiger partial charge in [-0.25, -0.2) is 0 Å². The number of rotatable bonds is 2. The number of halogens is 3. The van der Waals surface area contributed by atoms with E-state index in [4.69, 9.17) is 0 Å². The maximum absolute atomic E-state index is 13.2. The largest absolute Gasteiger partial charge is 0.435 e. The van der Waals surface area contributed by atoms with Gasteiger partial charge in [-0.3, -0.25) is 9.67 Å². The molecule has 0 radical (unpaired) electrons. The molecule has 3 rings (SSSR count). The highest BCUT2D eigenvalue weighted by Crippen LogP contribution is 2.44. The summed E-state index contributed by atoms with van der Waals surface area (Å²) in [5.74, 6) is 0. The standard InChI is InChI=1S/C24H30F3N3/c1-15(20-14-21(24(25,26)27)29-30(20)7)17-13-19-18(12-16(17)8-11-28-6)22(2,3)9-10-23(19,4)5/h8,11-14H,9-10H2,1-7H3/b16-8-,17-15+,28-11+. The van der Waals surface area contributed by atoms with Gasteiger partial charge in [0.1, 0.15) is 0 Å². The molecule has 1 aliphatic rings. The van der Waals surface area contributed by atoms with Gasteiger partial charge in [0, 0.05) is 20.3 Å². The number of hydrogen-bond acceptors (Lipinski definition) is 2. The molecule has 1 aromatic heterocycles. The van der Waals surface area contributed by atoms with Crippen molar-refractivity contribution in [3.8, 4) is 0 Å². The molecule has 0 aliphatic heterocycles. The highest BCUT2D eigenvalue weighted by Gasteiger charge is 2.37. The molecule has 162 valence electrons. The van der Waals surface area contributed by atoms with Crippen LogP contribution >= 0.6 is 0 Å². The van der Waals surface area contributed by atoms with E-state index in [2.05, 4.69) is 49.9 Å². The normalized spacial score (nSPS) is 19.9. The number of fused-ring (bicyclic) bond motifs is 1. The van der Waals surface area contributed by atoms with E-state index in [0.29, 0.717) is 5.69 Å². The van der Waals surface area contributed by atoms with Gasteiger partial charge in [-0.1, -0.05) is 33.8 Å². The number of benzene rings is 1. The van der Waals surface area contributed by atoms with Crippen molar-refractivity contribution in [2.45, 2.75) is 64.5 Å². The summed E-state index contributed by atoms with van der Waals surface area (Å²) in [6.07, 6.45) is 1.34. The Balaban J connectivity index is 2.41. The maximum atomic E-state index is 13.2. The molecule has 0 saturated heterocycles. The lowest BCUT2D eigenvalue weighted by Gasteiger charge is -2.42. The minimum atomic E-state index is -4.47. The summed E-state index contributed by atoms with van der Waals surface area (Å²) >= 11 is 0. The number of aryl methyl sites for hydroxylation is 1. The van der Waals surface area contributed by atoms with Crippen LogP contribution in [-0.2, 0) is 24.1 Å². The molecule has 0 amide bonds. The topological polar surface area (TPSA) is 30.2 Å². The van der Waals surface area contributed by atoms with Crippen molar-refractivity contribution < 1.29 is 13.2 Å². The SMILES string of the molecule is C/N=C/C=c1/cc2c(c/c1=C(/C)c1cc(C(F)(F)F)nn1C)C(C)(C)CCC2(C)C. The van der Waals surface area contributed by atoms with E-state index in [1.165, 1.54) is 15.8 Å². The van der Waals surface area contributed by atoms with Gasteiger partial charge in [0.15, 0.2) is 5.69 Å². The molecule has 2 aromatic rings. The molecule has 6 heteroatoms. The minimum absolute atomic E-state index is 0.000841. The summed E-state index contributed by atoms with van der Waals surface area (Å²) in [6.45, 7) is 10.9. The summed E-state index contributed by atoms with van der Waals surface area (Å²) in [5.41, 5.74) is 2.94. The zero-order valence-electron chi connectivity index (χ0n) is 18.8. The summed E-state index contributed by atoms with van der Waals surface area (Å²) < 4.78 is 40.9. The first-order chi connectivity index (χ1) is 13.8. The third-order valence-corrected chi connectivity index (χ3v) is 6.38. The average molecular weight is 418 g/mol. The molecule has 0 saturated carbocycles. The van der Waals surface area contributed by atoms with Crippen molar-refractivity contribution >= 4 is 17.9 Å². The molecule has 0 atom stereocenters. The number of alkyl halides is 3. The first-order valence-electron chi connectivity index (χ1n) is 10.2. The molecule has 1 aliphatic carbocycles. The Hall–Kier alpha value is -2.37. The van der Waals surface area contributed by atoms with Gasteiger partial charge in [0.2, 0.25) is 0 Å². The molecule has 3 nitrogen and oxygen atoms in total. The number of nitrogens with zero attached hydrogens (tertiary/aromatic N) is 3. The van der Waals surface area contributed by atoms with Crippen LogP contribution in [0.3, 0.4) is 0 Å². The first kappa shape index (κ1) is 22.3. The van der Waals surface area contributed by atoms with Gasteiger partial charge in [0.25, 0.3) is 0 Å². The van der Waals surface area contributed by atoms with E-state index in [0.717, 1.165) is 34.9 Å². The number of hydrogen-bond donors (Lipinski definition) is 0. The first-order valence-corrected chi connectivity index (χ1v) is 10.2. The highest BCUT2D eigenvalue weighted by atomic mass is 19.4. The fourth-order valence-corrected chi connectivity index (χ4v) is 4.34. The molecule has 1 aromatic carbocycles. The van der Waals surface area contributed by atoms with Crippen LogP contribution in [0.1, 0.15) is 70.0 Å². The van der Waals surface area contributed by atoms with Crippen molar-refractivity contribution in [1.82, 2.24) is 9.78 Å². The smallest absolute Gasteiger partial charge is 0.296 e. The Morgan fingerprint density at radius 2 is 1.63 bits per heavy atom. The Morgan fingerprint density at radius 3 is 2.13 bits per heavy atom. The number of aliphatic imine (C=N–C) groups is 1. The lowest BCUT2D eigenvalue weighted by molar-refractivity contribution is -0.141. The summed E-state index contributed by atoms with van der Waals surface area (Å²) in [6, 6.07) is 5.49. The summed E-state index contributed by atoms with van der Waals surface area (Å²) in [4.78, 5) is 4.08. The van der Waals surface area contributed by atoms with Crippen LogP contribution < -0.4 is 10.4 Å². The Labute approximate surface area is 176 Å². The molecule has 0 bridgehead atoms. The van der Waals surface area contributed by atoms with Gasteiger partial charge >= 0.3 is 6.18 Å². The van der Waals surface area contributed by atoms with Crippen molar-refractivity contribution in [2.24, 2.45) is 12.0 Å². The minimum Gasteiger partial charge on any atom is -0.296 e. The molecule has 0 fully saturated rings. The predicted molar refractivity (Wildman–Crippen MR) is 116 cm³/mol. The second-order valence-corrected chi connectivity index (χ2v) is 9.49. The van der Waals surface area contributed by atoms with Crippen molar-refractivity contribution in [1.29, 1.82) is 0 Å². The van der Waals surface area contributed by atoms with Gasteiger partial charge in [-0.2, -0.15) is 18.3 Å². The highest BCUT2D eigenvalue weighted by molar-refractivity contribution is 5.91. The van der Waals surface area contributed by atoms with Crippen LogP contribution in [-0.4, -0.2) is 23.0 Å². The zero-order chi connectivity index (χ0) is 22.5. The van der Waals surface area contributed by atoms with E-state index < -0.39 is 11.9 Å². The van der Waals surface area contributed by atoms with Crippen LogP contribution in [0.5, 0.6) is 0 Å². The quantitative estimate of drug-likeness (QED) is 0.663. The van der Waals surface area contributed by atoms with Gasteiger partial charge < -0.3 is 0 Å². The lowest BCUT2D eigenvalue weighted by atomic mass is 9.63. The van der Waals surface area contributed by atoms with Crippen LogP contribution in [0.15, 0.2) is 23.2 Å². The third-order valence-electron chi connectivity index (χ3n) is 6.38. The van der Waals surface area contributed by atoms with E-state index in [1.54, 1.807) is 20.3 Å². The third kappa shape index (κ3) is 3.96. The molecule has 0 N–H and O–H groups in total. The van der Waals surface area contributed by atoms with Crippen molar-refractivity contribution in [3.05, 3.63) is 51.2 Å². The van der Waals surface area contributed by atoms with Crippen LogP contribution in [0.25, 0.3) is 11.6 Å².